The lowest BCUT2D eigenvalue weighted by molar-refractivity contribution is 0.102. The van der Waals surface area contributed by atoms with Gasteiger partial charge in [-0.3, -0.25) is 4.79 Å². The average molecular weight is 438 g/mol. The second-order valence-corrected chi connectivity index (χ2v) is 6.47. The second-order valence-electron chi connectivity index (χ2n) is 5.31. The van der Waals surface area contributed by atoms with E-state index in [2.05, 4.69) is 46.7 Å². The minimum atomic E-state index is -0.125. The molecule has 0 saturated heterocycles. The van der Waals surface area contributed by atoms with Gasteiger partial charge in [-0.15, -0.1) is 0 Å². The number of benzene rings is 2. The Bertz CT molecular complexity index is 672. The van der Waals surface area contributed by atoms with Crippen LogP contribution >= 0.6 is 22.6 Å². The molecular formula is C19H23IN2O2. The van der Waals surface area contributed by atoms with Crippen LogP contribution in [0.3, 0.4) is 0 Å². The Labute approximate surface area is 157 Å². The van der Waals surface area contributed by atoms with Crippen molar-refractivity contribution in [3.8, 4) is 5.75 Å². The quantitative estimate of drug-likeness (QED) is 0.627. The highest BCUT2D eigenvalue weighted by Gasteiger charge is 2.12. The first-order valence-corrected chi connectivity index (χ1v) is 9.23. The summed E-state index contributed by atoms with van der Waals surface area (Å²) in [6.45, 7) is 7.75. The highest BCUT2D eigenvalue weighted by Crippen LogP contribution is 2.25. The Morgan fingerprint density at radius 2 is 1.75 bits per heavy atom. The van der Waals surface area contributed by atoms with Gasteiger partial charge in [-0.05, 0) is 59.9 Å². The normalized spacial score (nSPS) is 10.7. The van der Waals surface area contributed by atoms with Gasteiger partial charge in [-0.1, -0.05) is 38.1 Å². The SMILES string of the molecule is CCN(CC)CCOc1ccccc1NC(=O)c1ccccc1I. The number of hydrogen-bond acceptors (Lipinski definition) is 3. The number of amides is 1. The van der Waals surface area contributed by atoms with E-state index in [0.29, 0.717) is 23.6 Å². The van der Waals surface area contributed by atoms with Crippen molar-refractivity contribution in [1.29, 1.82) is 0 Å². The van der Waals surface area contributed by atoms with Gasteiger partial charge < -0.3 is 15.0 Å². The maximum absolute atomic E-state index is 12.5. The van der Waals surface area contributed by atoms with Gasteiger partial charge in [0.2, 0.25) is 0 Å². The van der Waals surface area contributed by atoms with Crippen molar-refractivity contribution in [2.24, 2.45) is 0 Å². The van der Waals surface area contributed by atoms with E-state index in [-0.39, 0.29) is 5.91 Å². The van der Waals surface area contributed by atoms with Crippen molar-refractivity contribution in [2.75, 3.05) is 31.6 Å². The summed E-state index contributed by atoms with van der Waals surface area (Å²) in [5.74, 6) is 0.573. The van der Waals surface area contributed by atoms with Crippen LogP contribution in [0, 0.1) is 3.57 Å². The lowest BCUT2D eigenvalue weighted by Gasteiger charge is -2.19. The number of likely N-dealkylation sites (N-methyl/N-ethyl adjacent to an activating group) is 1. The number of nitrogens with zero attached hydrogens (tertiary/aromatic N) is 1. The van der Waals surface area contributed by atoms with Gasteiger partial charge in [0.05, 0.1) is 11.3 Å². The predicted molar refractivity (Wildman–Crippen MR) is 107 cm³/mol. The van der Waals surface area contributed by atoms with Crippen LogP contribution in [0.1, 0.15) is 24.2 Å². The van der Waals surface area contributed by atoms with E-state index in [1.165, 1.54) is 0 Å². The molecule has 24 heavy (non-hydrogen) atoms. The molecule has 0 unspecified atom stereocenters. The average Bonchev–Trinajstić information content (AvgIpc) is 2.60. The first-order valence-electron chi connectivity index (χ1n) is 8.15. The summed E-state index contributed by atoms with van der Waals surface area (Å²) in [5, 5.41) is 2.95. The number of para-hydroxylation sites is 2. The van der Waals surface area contributed by atoms with Gasteiger partial charge >= 0.3 is 0 Å². The van der Waals surface area contributed by atoms with E-state index in [1.54, 1.807) is 0 Å². The van der Waals surface area contributed by atoms with E-state index >= 15 is 0 Å². The first kappa shape index (κ1) is 18.7. The van der Waals surface area contributed by atoms with Gasteiger partial charge in [-0.2, -0.15) is 0 Å². The summed E-state index contributed by atoms with van der Waals surface area (Å²) in [4.78, 5) is 14.8. The van der Waals surface area contributed by atoms with Crippen LogP contribution < -0.4 is 10.1 Å². The fraction of sp³-hybridized carbons (Fsp3) is 0.316. The van der Waals surface area contributed by atoms with Crippen LogP contribution in [0.15, 0.2) is 48.5 Å². The molecule has 0 saturated carbocycles. The zero-order valence-electron chi connectivity index (χ0n) is 14.1. The lowest BCUT2D eigenvalue weighted by atomic mass is 10.2. The highest BCUT2D eigenvalue weighted by molar-refractivity contribution is 14.1. The van der Waals surface area contributed by atoms with Gasteiger partial charge in [-0.25, -0.2) is 0 Å². The molecule has 1 N–H and O–H groups in total. The summed E-state index contributed by atoms with van der Waals surface area (Å²) in [6, 6.07) is 15.1. The molecule has 1 amide bonds. The fourth-order valence-corrected chi connectivity index (χ4v) is 2.99. The monoisotopic (exact) mass is 438 g/mol. The second kappa shape index (κ2) is 9.64. The maximum atomic E-state index is 12.5. The molecule has 0 heterocycles. The third kappa shape index (κ3) is 5.21. The number of nitrogens with one attached hydrogen (secondary N) is 1. The largest absolute Gasteiger partial charge is 0.490 e. The van der Waals surface area contributed by atoms with Crippen LogP contribution in [0.5, 0.6) is 5.75 Å². The Morgan fingerprint density at radius 3 is 2.46 bits per heavy atom. The molecule has 0 fully saturated rings. The standard InChI is InChI=1S/C19H23IN2O2/c1-3-22(4-2)13-14-24-18-12-8-7-11-17(18)21-19(23)15-9-5-6-10-16(15)20/h5-12H,3-4,13-14H2,1-2H3,(H,21,23). The number of hydrogen-bond donors (Lipinski definition) is 1. The molecule has 0 aliphatic carbocycles. The number of carbonyl (C=O) groups is 1. The molecule has 0 bridgehead atoms. The lowest BCUT2D eigenvalue weighted by Crippen LogP contribution is -2.28. The Balaban J connectivity index is 2.03. The summed E-state index contributed by atoms with van der Waals surface area (Å²) in [6.07, 6.45) is 0. The Kier molecular flexibility index (Phi) is 7.52. The van der Waals surface area contributed by atoms with Gasteiger partial charge in [0, 0.05) is 10.1 Å². The number of rotatable bonds is 8. The van der Waals surface area contributed by atoms with Crippen LogP contribution in [0.2, 0.25) is 0 Å². The number of halogens is 1. The molecule has 0 radical (unpaired) electrons. The summed E-state index contributed by atoms with van der Waals surface area (Å²) in [5.41, 5.74) is 1.36. The van der Waals surface area contributed by atoms with Crippen molar-refractivity contribution in [3.05, 3.63) is 57.7 Å². The summed E-state index contributed by atoms with van der Waals surface area (Å²) in [7, 11) is 0. The van der Waals surface area contributed by atoms with E-state index < -0.39 is 0 Å². The van der Waals surface area contributed by atoms with E-state index in [4.69, 9.17) is 4.74 Å². The molecule has 0 atom stereocenters. The third-order valence-electron chi connectivity index (χ3n) is 3.81. The van der Waals surface area contributed by atoms with Crippen molar-refractivity contribution in [2.45, 2.75) is 13.8 Å². The Hall–Kier alpha value is -1.60. The molecule has 5 heteroatoms. The molecule has 0 spiro atoms. The number of anilines is 1. The minimum absolute atomic E-state index is 0.125. The van der Waals surface area contributed by atoms with Crippen molar-refractivity contribution >= 4 is 34.2 Å². The number of ether oxygens (including phenoxy) is 1. The first-order chi connectivity index (χ1) is 11.7. The van der Waals surface area contributed by atoms with Crippen LogP contribution in [0.4, 0.5) is 5.69 Å². The van der Waals surface area contributed by atoms with Crippen LogP contribution in [0.25, 0.3) is 0 Å². The minimum Gasteiger partial charge on any atom is -0.490 e. The maximum Gasteiger partial charge on any atom is 0.256 e. The van der Waals surface area contributed by atoms with E-state index in [9.17, 15) is 4.79 Å². The van der Waals surface area contributed by atoms with Crippen molar-refractivity contribution < 1.29 is 9.53 Å². The zero-order chi connectivity index (χ0) is 17.4. The molecular weight excluding hydrogens is 415 g/mol. The third-order valence-corrected chi connectivity index (χ3v) is 4.75. The molecule has 128 valence electrons. The smallest absolute Gasteiger partial charge is 0.256 e. The van der Waals surface area contributed by atoms with Crippen molar-refractivity contribution in [3.63, 3.8) is 0 Å². The molecule has 2 aromatic carbocycles. The highest BCUT2D eigenvalue weighted by atomic mass is 127. The van der Waals surface area contributed by atoms with Crippen LogP contribution in [-0.4, -0.2) is 37.0 Å². The topological polar surface area (TPSA) is 41.6 Å². The number of carbonyl (C=O) groups excluding carboxylic acids is 1. The molecule has 4 nitrogen and oxygen atoms in total. The molecule has 0 aliphatic heterocycles. The molecule has 2 aromatic rings. The predicted octanol–water partition coefficient (Wildman–Crippen LogP) is 4.26. The van der Waals surface area contributed by atoms with Gasteiger partial charge in [0.1, 0.15) is 12.4 Å². The van der Waals surface area contributed by atoms with E-state index in [1.807, 2.05) is 48.5 Å². The zero-order valence-corrected chi connectivity index (χ0v) is 16.2. The molecule has 0 aromatic heterocycles. The van der Waals surface area contributed by atoms with Gasteiger partial charge in [0.15, 0.2) is 0 Å². The van der Waals surface area contributed by atoms with Crippen molar-refractivity contribution in [1.82, 2.24) is 4.90 Å². The molecule has 0 aliphatic rings. The fourth-order valence-electron chi connectivity index (χ4n) is 2.36. The molecule has 2 rings (SSSR count). The Morgan fingerprint density at radius 1 is 1.08 bits per heavy atom. The summed E-state index contributed by atoms with van der Waals surface area (Å²) < 4.78 is 6.80. The summed E-state index contributed by atoms with van der Waals surface area (Å²) >= 11 is 2.17. The van der Waals surface area contributed by atoms with Crippen LogP contribution in [-0.2, 0) is 0 Å². The van der Waals surface area contributed by atoms with E-state index in [0.717, 1.165) is 23.2 Å². The van der Waals surface area contributed by atoms with Gasteiger partial charge in [0.25, 0.3) is 5.91 Å².